The molecule has 6 nitrogen and oxygen atoms in total. The predicted octanol–water partition coefficient (Wildman–Crippen LogP) is 6.93. The van der Waals surface area contributed by atoms with Crippen molar-refractivity contribution < 1.29 is 9.59 Å². The Morgan fingerprint density at radius 2 is 1.82 bits per heavy atom. The highest BCUT2D eigenvalue weighted by atomic mass is 35.5. The van der Waals surface area contributed by atoms with Crippen molar-refractivity contribution in [3.63, 3.8) is 0 Å². The van der Waals surface area contributed by atoms with Crippen molar-refractivity contribution in [2.24, 2.45) is 0 Å². The molecular weight excluding hydrogens is 551 g/mol. The first-order valence-corrected chi connectivity index (χ1v) is 14.6. The molecule has 200 valence electrons. The van der Waals surface area contributed by atoms with E-state index in [1.807, 2.05) is 86.6 Å². The fourth-order valence-electron chi connectivity index (χ4n) is 4.62. The fourth-order valence-corrected chi connectivity index (χ4v) is 6.22. The van der Waals surface area contributed by atoms with E-state index in [2.05, 4.69) is 5.32 Å². The fraction of sp³-hybridized carbons (Fsp3) is 0.233. The summed E-state index contributed by atoms with van der Waals surface area (Å²) in [7, 11) is 0. The van der Waals surface area contributed by atoms with E-state index in [1.54, 1.807) is 15.6 Å². The molecule has 1 aromatic heterocycles. The molecule has 0 aliphatic carbocycles. The van der Waals surface area contributed by atoms with Crippen LogP contribution in [0.2, 0.25) is 10.0 Å². The van der Waals surface area contributed by atoms with Crippen LogP contribution in [0.15, 0.2) is 78.9 Å². The SMILES string of the molecule is CC[C@H](C)NC(=O)CN1C(=O)CS[C@H](c2cccc(Cl)c2)c2c(-c3ccccc3)nn(-c3ccccc3Cl)c21. The number of rotatable bonds is 7. The number of halogens is 2. The zero-order valence-corrected chi connectivity index (χ0v) is 23.9. The smallest absolute Gasteiger partial charge is 0.240 e. The number of fused-ring (bicyclic) bond motifs is 1. The molecule has 0 bridgehead atoms. The Morgan fingerprint density at radius 3 is 2.54 bits per heavy atom. The van der Waals surface area contributed by atoms with Crippen LogP contribution in [-0.4, -0.2) is 39.9 Å². The molecule has 3 aromatic carbocycles. The van der Waals surface area contributed by atoms with Gasteiger partial charge in [0.15, 0.2) is 0 Å². The molecule has 0 unspecified atom stereocenters. The molecule has 0 radical (unpaired) electrons. The summed E-state index contributed by atoms with van der Waals surface area (Å²) >= 11 is 14.6. The summed E-state index contributed by atoms with van der Waals surface area (Å²) in [5.41, 5.74) is 4.00. The van der Waals surface area contributed by atoms with Gasteiger partial charge in [0.2, 0.25) is 11.8 Å². The number of hydrogen-bond donors (Lipinski definition) is 1. The van der Waals surface area contributed by atoms with Crippen molar-refractivity contribution in [2.45, 2.75) is 31.6 Å². The van der Waals surface area contributed by atoms with Crippen LogP contribution in [-0.2, 0) is 9.59 Å². The minimum Gasteiger partial charge on any atom is -0.352 e. The third kappa shape index (κ3) is 5.71. The summed E-state index contributed by atoms with van der Waals surface area (Å²) in [6.07, 6.45) is 0.785. The molecule has 5 rings (SSSR count). The minimum absolute atomic E-state index is 0.0130. The first-order valence-electron chi connectivity index (χ1n) is 12.8. The highest BCUT2D eigenvalue weighted by molar-refractivity contribution is 8.00. The number of carbonyl (C=O) groups is 2. The van der Waals surface area contributed by atoms with Gasteiger partial charge in [0.1, 0.15) is 12.4 Å². The maximum Gasteiger partial charge on any atom is 0.240 e. The summed E-state index contributed by atoms with van der Waals surface area (Å²) in [6.45, 7) is 3.81. The molecule has 4 aromatic rings. The van der Waals surface area contributed by atoms with Gasteiger partial charge in [0.25, 0.3) is 0 Å². The van der Waals surface area contributed by atoms with Gasteiger partial charge in [0.05, 0.1) is 27.4 Å². The first kappa shape index (κ1) is 27.3. The number of anilines is 1. The first-order chi connectivity index (χ1) is 18.9. The molecule has 1 aliphatic rings. The molecule has 2 amide bonds. The van der Waals surface area contributed by atoms with Gasteiger partial charge in [-0.2, -0.15) is 5.10 Å². The van der Waals surface area contributed by atoms with Crippen LogP contribution >= 0.6 is 35.0 Å². The second kappa shape index (κ2) is 11.9. The van der Waals surface area contributed by atoms with Crippen LogP contribution in [0.5, 0.6) is 0 Å². The van der Waals surface area contributed by atoms with Crippen LogP contribution in [0, 0.1) is 0 Å². The van der Waals surface area contributed by atoms with Crippen LogP contribution in [0.25, 0.3) is 16.9 Å². The highest BCUT2D eigenvalue weighted by Crippen LogP contribution is 2.49. The molecule has 0 saturated carbocycles. The third-order valence-electron chi connectivity index (χ3n) is 6.69. The molecule has 9 heteroatoms. The molecule has 1 N–H and O–H groups in total. The van der Waals surface area contributed by atoms with Gasteiger partial charge in [-0.1, -0.05) is 84.7 Å². The van der Waals surface area contributed by atoms with Crippen LogP contribution in [0.4, 0.5) is 5.82 Å². The average Bonchev–Trinajstić information content (AvgIpc) is 3.25. The molecule has 0 saturated heterocycles. The molecule has 1 aliphatic heterocycles. The number of nitrogens with zero attached hydrogens (tertiary/aromatic N) is 3. The predicted molar refractivity (Wildman–Crippen MR) is 160 cm³/mol. The van der Waals surface area contributed by atoms with Crippen LogP contribution in [0.3, 0.4) is 0 Å². The summed E-state index contributed by atoms with van der Waals surface area (Å²) in [5, 5.41) is 8.88. The second-order valence-electron chi connectivity index (χ2n) is 9.42. The number of carbonyl (C=O) groups excluding carboxylic acids is 2. The van der Waals surface area contributed by atoms with E-state index in [0.717, 1.165) is 23.1 Å². The van der Waals surface area contributed by atoms with Crippen molar-refractivity contribution in [3.8, 4) is 16.9 Å². The Morgan fingerprint density at radius 1 is 1.08 bits per heavy atom. The van der Waals surface area contributed by atoms with E-state index in [1.165, 1.54) is 11.8 Å². The molecule has 39 heavy (non-hydrogen) atoms. The maximum atomic E-state index is 13.8. The van der Waals surface area contributed by atoms with Crippen molar-refractivity contribution in [1.82, 2.24) is 15.1 Å². The molecular formula is C30H28Cl2N4O2S. The van der Waals surface area contributed by atoms with Gasteiger partial charge in [-0.15, -0.1) is 11.8 Å². The molecule has 2 atom stereocenters. The van der Waals surface area contributed by atoms with Crippen molar-refractivity contribution in [1.29, 1.82) is 0 Å². The van der Waals surface area contributed by atoms with Crippen molar-refractivity contribution in [3.05, 3.63) is 100 Å². The highest BCUT2D eigenvalue weighted by Gasteiger charge is 2.38. The number of thioether (sulfide) groups is 1. The summed E-state index contributed by atoms with van der Waals surface area (Å²) in [5.74, 6) is 0.293. The molecule has 2 heterocycles. The van der Waals surface area contributed by atoms with Gasteiger partial charge >= 0.3 is 0 Å². The number of amides is 2. The Bertz CT molecular complexity index is 1510. The maximum absolute atomic E-state index is 13.8. The van der Waals surface area contributed by atoms with Gasteiger partial charge in [0, 0.05) is 22.2 Å². The Kier molecular flexibility index (Phi) is 8.31. The Hall–Kier alpha value is -3.26. The second-order valence-corrected chi connectivity index (χ2v) is 11.4. The normalized spacial score (nSPS) is 15.9. The van der Waals surface area contributed by atoms with E-state index < -0.39 is 0 Å². The van der Waals surface area contributed by atoms with E-state index in [-0.39, 0.29) is 35.4 Å². The number of nitrogens with one attached hydrogen (secondary N) is 1. The zero-order valence-electron chi connectivity index (χ0n) is 21.6. The monoisotopic (exact) mass is 578 g/mol. The standard InChI is InChI=1S/C30H28Cl2N4O2S/c1-3-19(2)33-25(37)17-35-26(38)18-39-29(21-12-9-13-22(31)16-21)27-28(20-10-5-4-6-11-20)34-36(30(27)35)24-15-8-7-14-23(24)32/h4-16,19,29H,3,17-18H2,1-2H3,(H,33,37)/t19-,29+/m0/s1. The third-order valence-corrected chi connectivity index (χ3v) is 8.50. The largest absolute Gasteiger partial charge is 0.352 e. The number of aromatic nitrogens is 2. The van der Waals surface area contributed by atoms with Crippen LogP contribution < -0.4 is 10.2 Å². The molecule has 0 spiro atoms. The lowest BCUT2D eigenvalue weighted by Gasteiger charge is -2.24. The van der Waals surface area contributed by atoms with Gasteiger partial charge in [-0.3, -0.25) is 14.5 Å². The van der Waals surface area contributed by atoms with Gasteiger partial charge < -0.3 is 5.32 Å². The summed E-state index contributed by atoms with van der Waals surface area (Å²) < 4.78 is 1.71. The van der Waals surface area contributed by atoms with E-state index in [4.69, 9.17) is 28.3 Å². The van der Waals surface area contributed by atoms with Crippen molar-refractivity contribution >= 4 is 52.6 Å². The van der Waals surface area contributed by atoms with Crippen molar-refractivity contribution in [2.75, 3.05) is 17.2 Å². The minimum atomic E-state index is -0.267. The van der Waals surface area contributed by atoms with Crippen LogP contribution in [0.1, 0.15) is 36.6 Å². The number of benzene rings is 3. The Labute approximate surface area is 242 Å². The lowest BCUT2D eigenvalue weighted by molar-refractivity contribution is -0.123. The van der Waals surface area contributed by atoms with Gasteiger partial charge in [-0.05, 0) is 43.2 Å². The topological polar surface area (TPSA) is 67.2 Å². The molecule has 0 fully saturated rings. The number of para-hydroxylation sites is 1. The van der Waals surface area contributed by atoms with E-state index in [9.17, 15) is 9.59 Å². The average molecular weight is 580 g/mol. The lowest BCUT2D eigenvalue weighted by Crippen LogP contribution is -2.44. The number of hydrogen-bond acceptors (Lipinski definition) is 4. The summed E-state index contributed by atoms with van der Waals surface area (Å²) in [6, 6.07) is 24.9. The van der Waals surface area contributed by atoms with E-state index in [0.29, 0.717) is 27.2 Å². The van der Waals surface area contributed by atoms with E-state index >= 15 is 0 Å². The summed E-state index contributed by atoms with van der Waals surface area (Å²) in [4.78, 5) is 28.5. The van der Waals surface area contributed by atoms with Gasteiger partial charge in [-0.25, -0.2) is 4.68 Å². The zero-order chi connectivity index (χ0) is 27.5. The quantitative estimate of drug-likeness (QED) is 0.258. The Balaban J connectivity index is 1.79. The lowest BCUT2D eigenvalue weighted by atomic mass is 9.99.